The number of hydrogen-bond donors (Lipinski definition) is 1. The van der Waals surface area contributed by atoms with Crippen LogP contribution in [0.15, 0.2) is 82.8 Å². The SMILES string of the molecule is CC(=O)N1C[C@H]2CC(c3cccc(CCOc4cc(F)ccc4Br)c3)=C(C(=O)N(C)CCc3ccccc3)[C@@H](C1)N2. The molecule has 1 N–H and O–H groups in total. The van der Waals surface area contributed by atoms with Crippen LogP contribution in [0.3, 0.4) is 0 Å². The Balaban J connectivity index is 1.39. The minimum absolute atomic E-state index is 0.0121. The van der Waals surface area contributed by atoms with Crippen molar-refractivity contribution >= 4 is 33.3 Å². The summed E-state index contributed by atoms with van der Waals surface area (Å²) >= 11 is 3.41. The molecule has 1 saturated heterocycles. The van der Waals surface area contributed by atoms with Crippen LogP contribution in [-0.4, -0.2) is 67.0 Å². The molecule has 2 aliphatic rings. The third-order valence-corrected chi connectivity index (χ3v) is 8.48. The van der Waals surface area contributed by atoms with Gasteiger partial charge in [-0.15, -0.1) is 0 Å². The molecule has 2 bridgehead atoms. The van der Waals surface area contributed by atoms with Crippen molar-refractivity contribution in [1.29, 1.82) is 0 Å². The summed E-state index contributed by atoms with van der Waals surface area (Å²) < 4.78 is 20.2. The second-order valence-corrected chi connectivity index (χ2v) is 11.6. The monoisotopic (exact) mass is 619 g/mol. The maximum absolute atomic E-state index is 14.0. The van der Waals surface area contributed by atoms with Gasteiger partial charge in [0.1, 0.15) is 11.6 Å². The molecule has 2 amide bonds. The average Bonchev–Trinajstić information content (AvgIpc) is 2.97. The van der Waals surface area contributed by atoms with Gasteiger partial charge in [0.25, 0.3) is 5.91 Å². The van der Waals surface area contributed by atoms with E-state index >= 15 is 0 Å². The Morgan fingerprint density at radius 1 is 1.02 bits per heavy atom. The number of carbonyl (C=O) groups is 2. The molecule has 0 saturated carbocycles. The van der Waals surface area contributed by atoms with E-state index in [9.17, 15) is 14.0 Å². The molecule has 0 spiro atoms. The van der Waals surface area contributed by atoms with Crippen molar-refractivity contribution in [3.05, 3.63) is 105 Å². The third kappa shape index (κ3) is 7.05. The van der Waals surface area contributed by atoms with E-state index in [1.165, 1.54) is 17.7 Å². The summed E-state index contributed by atoms with van der Waals surface area (Å²) in [6, 6.07) is 22.6. The molecule has 2 atom stereocenters. The van der Waals surface area contributed by atoms with Crippen molar-refractivity contribution in [1.82, 2.24) is 15.1 Å². The Hall–Kier alpha value is -3.49. The Morgan fingerprint density at radius 3 is 2.59 bits per heavy atom. The summed E-state index contributed by atoms with van der Waals surface area (Å²) in [5.74, 6) is 0.141. The lowest BCUT2D eigenvalue weighted by Gasteiger charge is -2.44. The first-order valence-electron chi connectivity index (χ1n) is 14.0. The number of rotatable bonds is 9. The summed E-state index contributed by atoms with van der Waals surface area (Å²) in [4.78, 5) is 30.0. The normalized spacial score (nSPS) is 18.3. The molecule has 0 radical (unpaired) electrons. The fourth-order valence-electron chi connectivity index (χ4n) is 5.65. The molecule has 3 aromatic rings. The highest BCUT2D eigenvalue weighted by Gasteiger charge is 2.39. The van der Waals surface area contributed by atoms with Gasteiger partial charge < -0.3 is 19.9 Å². The third-order valence-electron chi connectivity index (χ3n) is 7.82. The zero-order chi connectivity index (χ0) is 28.9. The Morgan fingerprint density at radius 2 is 1.80 bits per heavy atom. The zero-order valence-electron chi connectivity index (χ0n) is 23.4. The molecule has 6 nitrogen and oxygen atoms in total. The lowest BCUT2D eigenvalue weighted by atomic mass is 9.82. The number of nitrogens with zero attached hydrogens (tertiary/aromatic N) is 2. The Kier molecular flexibility index (Phi) is 9.20. The van der Waals surface area contributed by atoms with Gasteiger partial charge in [0.15, 0.2) is 0 Å². The van der Waals surface area contributed by atoms with Crippen LogP contribution < -0.4 is 10.1 Å². The number of piperazine rings is 1. The molecule has 41 heavy (non-hydrogen) atoms. The van der Waals surface area contributed by atoms with E-state index in [1.807, 2.05) is 42.3 Å². The largest absolute Gasteiger partial charge is 0.492 e. The van der Waals surface area contributed by atoms with Crippen LogP contribution in [-0.2, 0) is 22.4 Å². The van der Waals surface area contributed by atoms with Crippen LogP contribution in [0.4, 0.5) is 4.39 Å². The van der Waals surface area contributed by atoms with Crippen LogP contribution in [0.1, 0.15) is 30.0 Å². The number of nitrogens with one attached hydrogen (secondary N) is 1. The maximum Gasteiger partial charge on any atom is 0.251 e. The van der Waals surface area contributed by atoms with Gasteiger partial charge in [-0.2, -0.15) is 0 Å². The topological polar surface area (TPSA) is 61.9 Å². The molecular formula is C33H35BrFN3O3. The molecule has 1 fully saturated rings. The number of halogens is 2. The van der Waals surface area contributed by atoms with E-state index in [-0.39, 0.29) is 29.7 Å². The molecule has 3 aromatic carbocycles. The maximum atomic E-state index is 14.0. The summed E-state index contributed by atoms with van der Waals surface area (Å²) in [5, 5.41) is 3.62. The van der Waals surface area contributed by atoms with E-state index < -0.39 is 0 Å². The standard InChI is InChI=1S/C33H35BrFN3O3/c1-22(39)38-20-27-19-28(25-10-6-9-24(17-25)14-16-41-31-18-26(35)11-12-29(31)34)32(30(21-38)36-27)33(40)37(2)15-13-23-7-4-3-5-8-23/h3-12,17-18,27,30,36H,13-16,19-21H2,1-2H3/t27-,30-/m1/s1. The lowest BCUT2D eigenvalue weighted by Crippen LogP contribution is -2.61. The summed E-state index contributed by atoms with van der Waals surface area (Å²) in [6.07, 6.45) is 2.06. The van der Waals surface area contributed by atoms with Crippen molar-refractivity contribution in [2.45, 2.75) is 38.3 Å². The molecular weight excluding hydrogens is 585 g/mol. The van der Waals surface area contributed by atoms with Crippen LogP contribution in [0.2, 0.25) is 0 Å². The predicted octanol–water partition coefficient (Wildman–Crippen LogP) is 5.26. The summed E-state index contributed by atoms with van der Waals surface area (Å²) in [5.41, 5.74) is 5.04. The van der Waals surface area contributed by atoms with Crippen molar-refractivity contribution in [2.24, 2.45) is 0 Å². The van der Waals surface area contributed by atoms with E-state index in [4.69, 9.17) is 4.74 Å². The van der Waals surface area contributed by atoms with E-state index in [0.29, 0.717) is 49.3 Å². The van der Waals surface area contributed by atoms with Crippen molar-refractivity contribution < 1.29 is 18.7 Å². The van der Waals surface area contributed by atoms with Crippen LogP contribution >= 0.6 is 15.9 Å². The van der Waals surface area contributed by atoms with E-state index in [1.54, 1.807) is 17.9 Å². The zero-order valence-corrected chi connectivity index (χ0v) is 25.0. The average molecular weight is 621 g/mol. The Labute approximate surface area is 249 Å². The Bertz CT molecular complexity index is 1440. The fraction of sp³-hybridized carbons (Fsp3) is 0.333. The smallest absolute Gasteiger partial charge is 0.251 e. The number of ether oxygens (including phenoxy) is 1. The first-order chi connectivity index (χ1) is 19.8. The number of amides is 2. The van der Waals surface area contributed by atoms with Gasteiger partial charge in [0, 0.05) is 57.7 Å². The fourth-order valence-corrected chi connectivity index (χ4v) is 6.02. The van der Waals surface area contributed by atoms with Crippen LogP contribution in [0.25, 0.3) is 5.57 Å². The van der Waals surface area contributed by atoms with E-state index in [2.05, 4.69) is 45.5 Å². The number of carbonyl (C=O) groups excluding carboxylic acids is 2. The van der Waals surface area contributed by atoms with Gasteiger partial charge in [0.05, 0.1) is 17.1 Å². The minimum atomic E-state index is -0.345. The number of benzene rings is 3. The summed E-state index contributed by atoms with van der Waals surface area (Å²) in [6.45, 7) is 3.67. The molecule has 0 unspecified atom stereocenters. The summed E-state index contributed by atoms with van der Waals surface area (Å²) in [7, 11) is 1.85. The minimum Gasteiger partial charge on any atom is -0.492 e. The number of fused-ring (bicyclic) bond motifs is 2. The van der Waals surface area contributed by atoms with Crippen LogP contribution in [0, 0.1) is 5.82 Å². The van der Waals surface area contributed by atoms with Crippen molar-refractivity contribution in [2.75, 3.05) is 33.3 Å². The van der Waals surface area contributed by atoms with Crippen LogP contribution in [0.5, 0.6) is 5.75 Å². The lowest BCUT2D eigenvalue weighted by molar-refractivity contribution is -0.132. The van der Waals surface area contributed by atoms with Gasteiger partial charge >= 0.3 is 0 Å². The van der Waals surface area contributed by atoms with Gasteiger partial charge in [-0.3, -0.25) is 9.59 Å². The van der Waals surface area contributed by atoms with Gasteiger partial charge in [-0.05, 0) is 63.2 Å². The van der Waals surface area contributed by atoms with Gasteiger partial charge in [-0.1, -0.05) is 54.6 Å². The highest BCUT2D eigenvalue weighted by atomic mass is 79.9. The molecule has 2 heterocycles. The first kappa shape index (κ1) is 29.0. The van der Waals surface area contributed by atoms with Crippen molar-refractivity contribution in [3.8, 4) is 5.75 Å². The molecule has 5 rings (SSSR count). The second kappa shape index (κ2) is 13.0. The molecule has 0 aromatic heterocycles. The van der Waals surface area contributed by atoms with Crippen molar-refractivity contribution in [3.63, 3.8) is 0 Å². The highest BCUT2D eigenvalue weighted by Crippen LogP contribution is 2.34. The van der Waals surface area contributed by atoms with E-state index in [0.717, 1.165) is 28.7 Å². The quantitative estimate of drug-likeness (QED) is 0.355. The highest BCUT2D eigenvalue weighted by molar-refractivity contribution is 9.10. The molecule has 214 valence electrons. The van der Waals surface area contributed by atoms with Gasteiger partial charge in [0.2, 0.25) is 5.91 Å². The number of hydrogen-bond acceptors (Lipinski definition) is 4. The van der Waals surface area contributed by atoms with Gasteiger partial charge in [-0.25, -0.2) is 4.39 Å². The molecule has 2 aliphatic heterocycles. The first-order valence-corrected chi connectivity index (χ1v) is 14.8. The predicted molar refractivity (Wildman–Crippen MR) is 162 cm³/mol. The molecule has 0 aliphatic carbocycles. The second-order valence-electron chi connectivity index (χ2n) is 10.8. The number of likely N-dealkylation sites (N-methyl/N-ethyl adjacent to an activating group) is 1. The molecule has 8 heteroatoms.